The van der Waals surface area contributed by atoms with E-state index < -0.39 is 0 Å². The van der Waals surface area contributed by atoms with Crippen LogP contribution in [0.3, 0.4) is 0 Å². The normalized spacial score (nSPS) is 17.8. The van der Waals surface area contributed by atoms with Crippen molar-refractivity contribution >= 4 is 17.7 Å². The minimum Gasteiger partial charge on any atom is -0.483 e. The summed E-state index contributed by atoms with van der Waals surface area (Å²) in [5, 5.41) is 0. The topological polar surface area (TPSA) is 70.2 Å². The predicted octanol–water partition coefficient (Wildman–Crippen LogP) is 1.77. The number of nitrogens with zero attached hydrogens (tertiary/aromatic N) is 3. The Morgan fingerprint density at radius 2 is 1.43 bits per heavy atom. The zero-order valence-electron chi connectivity index (χ0n) is 16.6. The fourth-order valence-electron chi connectivity index (χ4n) is 3.71. The van der Waals surface area contributed by atoms with Gasteiger partial charge in [0, 0.05) is 46.2 Å². The Balaban J connectivity index is 1.60. The van der Waals surface area contributed by atoms with Crippen molar-refractivity contribution in [1.29, 1.82) is 0 Å². The monoisotopic (exact) mass is 387 g/mol. The van der Waals surface area contributed by atoms with E-state index in [0.717, 1.165) is 25.9 Å². The Morgan fingerprint density at radius 3 is 2.07 bits per heavy atom. The summed E-state index contributed by atoms with van der Waals surface area (Å²) >= 11 is 0. The van der Waals surface area contributed by atoms with Gasteiger partial charge in [0.05, 0.1) is 5.56 Å². The molecule has 0 unspecified atom stereocenters. The quantitative estimate of drug-likeness (QED) is 0.790. The van der Waals surface area contributed by atoms with E-state index >= 15 is 0 Å². The van der Waals surface area contributed by atoms with Gasteiger partial charge in [0.2, 0.25) is 5.91 Å². The van der Waals surface area contributed by atoms with Crippen molar-refractivity contribution in [2.75, 3.05) is 45.9 Å². The highest BCUT2D eigenvalue weighted by Crippen LogP contribution is 2.21. The SMILES string of the molecule is CC(=O)N1CCN(C(=O)c2ccccc2OCC(=O)N2CCCCCC2)CC1. The summed E-state index contributed by atoms with van der Waals surface area (Å²) in [4.78, 5) is 42.2. The molecule has 0 spiro atoms. The second-order valence-corrected chi connectivity index (χ2v) is 7.38. The first kappa shape index (κ1) is 20.2. The van der Waals surface area contributed by atoms with Gasteiger partial charge in [0.15, 0.2) is 6.61 Å². The van der Waals surface area contributed by atoms with Crippen LogP contribution < -0.4 is 4.74 Å². The molecule has 7 heteroatoms. The molecule has 0 aromatic heterocycles. The predicted molar refractivity (Wildman–Crippen MR) is 105 cm³/mol. The third kappa shape index (κ3) is 5.03. The molecule has 2 aliphatic rings. The number of hydrogen-bond donors (Lipinski definition) is 0. The van der Waals surface area contributed by atoms with E-state index in [-0.39, 0.29) is 24.3 Å². The van der Waals surface area contributed by atoms with Crippen LogP contribution in [0.4, 0.5) is 0 Å². The molecule has 0 N–H and O–H groups in total. The molecular formula is C21H29N3O4. The van der Waals surface area contributed by atoms with Gasteiger partial charge >= 0.3 is 0 Å². The largest absolute Gasteiger partial charge is 0.483 e. The average Bonchev–Trinajstić information content (AvgIpc) is 3.01. The number of carbonyl (C=O) groups excluding carboxylic acids is 3. The standard InChI is InChI=1S/C21H29N3O4/c1-17(25)22-12-14-24(15-13-22)21(27)18-8-4-5-9-19(18)28-16-20(26)23-10-6-2-3-7-11-23/h4-5,8-9H,2-3,6-7,10-16H2,1H3. The lowest BCUT2D eigenvalue weighted by Crippen LogP contribution is -2.50. The highest BCUT2D eigenvalue weighted by Gasteiger charge is 2.25. The molecule has 1 aromatic carbocycles. The van der Waals surface area contributed by atoms with Crippen molar-refractivity contribution < 1.29 is 19.1 Å². The van der Waals surface area contributed by atoms with Crippen molar-refractivity contribution in [2.24, 2.45) is 0 Å². The molecule has 1 aromatic rings. The maximum atomic E-state index is 12.9. The minimum atomic E-state index is -0.124. The lowest BCUT2D eigenvalue weighted by molar-refractivity contribution is -0.133. The van der Waals surface area contributed by atoms with Crippen LogP contribution in [0.25, 0.3) is 0 Å². The molecule has 2 aliphatic heterocycles. The average molecular weight is 387 g/mol. The molecule has 0 aliphatic carbocycles. The first-order valence-electron chi connectivity index (χ1n) is 10.1. The third-order valence-corrected chi connectivity index (χ3v) is 5.44. The first-order valence-corrected chi connectivity index (χ1v) is 10.1. The van der Waals surface area contributed by atoms with E-state index in [1.807, 2.05) is 4.90 Å². The zero-order chi connectivity index (χ0) is 19.9. The summed E-state index contributed by atoms with van der Waals surface area (Å²) < 4.78 is 5.76. The molecule has 28 heavy (non-hydrogen) atoms. The van der Waals surface area contributed by atoms with E-state index in [0.29, 0.717) is 37.5 Å². The number of amides is 3. The summed E-state index contributed by atoms with van der Waals surface area (Å²) in [7, 11) is 0. The fraction of sp³-hybridized carbons (Fsp3) is 0.571. The molecule has 7 nitrogen and oxygen atoms in total. The van der Waals surface area contributed by atoms with Gasteiger partial charge in [-0.25, -0.2) is 0 Å². The molecule has 2 heterocycles. The lowest BCUT2D eigenvalue weighted by Gasteiger charge is -2.34. The second-order valence-electron chi connectivity index (χ2n) is 7.38. The Kier molecular flexibility index (Phi) is 6.90. The molecule has 0 saturated carbocycles. The highest BCUT2D eigenvalue weighted by atomic mass is 16.5. The summed E-state index contributed by atoms with van der Waals surface area (Å²) in [6, 6.07) is 7.05. The number of carbonyl (C=O) groups is 3. The van der Waals surface area contributed by atoms with E-state index in [2.05, 4.69) is 0 Å². The molecule has 152 valence electrons. The molecule has 2 fully saturated rings. The van der Waals surface area contributed by atoms with Crippen molar-refractivity contribution in [3.63, 3.8) is 0 Å². The number of hydrogen-bond acceptors (Lipinski definition) is 4. The van der Waals surface area contributed by atoms with Crippen LogP contribution in [0.5, 0.6) is 5.75 Å². The molecule has 0 atom stereocenters. The fourth-order valence-corrected chi connectivity index (χ4v) is 3.71. The Hall–Kier alpha value is -2.57. The number of rotatable bonds is 4. The number of piperazine rings is 1. The Morgan fingerprint density at radius 1 is 0.821 bits per heavy atom. The summed E-state index contributed by atoms with van der Waals surface area (Å²) in [5.41, 5.74) is 0.461. The van der Waals surface area contributed by atoms with Gasteiger partial charge < -0.3 is 19.4 Å². The molecule has 0 radical (unpaired) electrons. The number of para-hydroxylation sites is 1. The van der Waals surface area contributed by atoms with E-state index in [4.69, 9.17) is 4.74 Å². The van der Waals surface area contributed by atoms with Gasteiger partial charge in [-0.3, -0.25) is 14.4 Å². The number of likely N-dealkylation sites (tertiary alicyclic amines) is 1. The molecule has 2 saturated heterocycles. The molecule has 3 rings (SSSR count). The van der Waals surface area contributed by atoms with Crippen LogP contribution in [-0.4, -0.2) is 78.3 Å². The molecule has 3 amide bonds. The summed E-state index contributed by atoms with van der Waals surface area (Å²) in [6.45, 7) is 5.13. The van der Waals surface area contributed by atoms with Crippen LogP contribution >= 0.6 is 0 Å². The Bertz CT molecular complexity index is 705. The van der Waals surface area contributed by atoms with E-state index in [9.17, 15) is 14.4 Å². The van der Waals surface area contributed by atoms with Gasteiger partial charge in [-0.15, -0.1) is 0 Å². The number of benzene rings is 1. The molecule has 0 bridgehead atoms. The number of ether oxygens (including phenoxy) is 1. The van der Waals surface area contributed by atoms with Gasteiger partial charge in [-0.05, 0) is 25.0 Å². The smallest absolute Gasteiger partial charge is 0.260 e. The van der Waals surface area contributed by atoms with Crippen molar-refractivity contribution in [3.05, 3.63) is 29.8 Å². The van der Waals surface area contributed by atoms with Gasteiger partial charge in [0.1, 0.15) is 5.75 Å². The Labute approximate surface area is 166 Å². The van der Waals surface area contributed by atoms with Crippen LogP contribution in [0, 0.1) is 0 Å². The van der Waals surface area contributed by atoms with Crippen molar-refractivity contribution in [1.82, 2.24) is 14.7 Å². The van der Waals surface area contributed by atoms with Crippen molar-refractivity contribution in [2.45, 2.75) is 32.6 Å². The zero-order valence-corrected chi connectivity index (χ0v) is 16.6. The van der Waals surface area contributed by atoms with E-state index in [1.54, 1.807) is 41.0 Å². The third-order valence-electron chi connectivity index (χ3n) is 5.44. The van der Waals surface area contributed by atoms with Gasteiger partial charge in [-0.2, -0.15) is 0 Å². The van der Waals surface area contributed by atoms with Crippen molar-refractivity contribution in [3.8, 4) is 5.75 Å². The van der Waals surface area contributed by atoms with E-state index in [1.165, 1.54) is 12.8 Å². The maximum Gasteiger partial charge on any atom is 0.260 e. The van der Waals surface area contributed by atoms with Crippen LogP contribution in [0.1, 0.15) is 43.0 Å². The second kappa shape index (κ2) is 9.57. The van der Waals surface area contributed by atoms with Gasteiger partial charge in [0.25, 0.3) is 11.8 Å². The maximum absolute atomic E-state index is 12.9. The van der Waals surface area contributed by atoms with Gasteiger partial charge in [-0.1, -0.05) is 25.0 Å². The lowest BCUT2D eigenvalue weighted by atomic mass is 10.1. The summed E-state index contributed by atoms with van der Waals surface area (Å²) in [6.07, 6.45) is 4.40. The first-order chi connectivity index (χ1) is 13.6. The summed E-state index contributed by atoms with van der Waals surface area (Å²) in [5.74, 6) is 0.313. The van der Waals surface area contributed by atoms with Crippen LogP contribution in [0.15, 0.2) is 24.3 Å². The minimum absolute atomic E-state index is 0.0285. The highest BCUT2D eigenvalue weighted by molar-refractivity contribution is 5.97. The van der Waals surface area contributed by atoms with Crippen LogP contribution in [-0.2, 0) is 9.59 Å². The molecular weight excluding hydrogens is 358 g/mol. The van der Waals surface area contributed by atoms with Crippen LogP contribution in [0.2, 0.25) is 0 Å².